The summed E-state index contributed by atoms with van der Waals surface area (Å²) in [6.07, 6.45) is 5.66. The van der Waals surface area contributed by atoms with Gasteiger partial charge in [-0.15, -0.1) is 0 Å². The van der Waals surface area contributed by atoms with E-state index in [-0.39, 0.29) is 0 Å². The Morgan fingerprint density at radius 2 is 1.71 bits per heavy atom. The van der Waals surface area contributed by atoms with Crippen molar-refractivity contribution in [2.75, 3.05) is 0 Å². The van der Waals surface area contributed by atoms with Crippen LogP contribution in [-0.2, 0) is 13.0 Å². The number of rotatable bonds is 3. The largest absolute Gasteiger partial charge is 0.461 e. The molecule has 35 heavy (non-hydrogen) atoms. The molecule has 2 nitrogen and oxygen atoms in total. The highest BCUT2D eigenvalue weighted by Gasteiger charge is 2.18. The van der Waals surface area contributed by atoms with Gasteiger partial charge in [0.15, 0.2) is 0 Å². The summed E-state index contributed by atoms with van der Waals surface area (Å²) in [6, 6.07) is 32.5. The zero-order valence-electron chi connectivity index (χ0n) is 19.9. The minimum atomic E-state index is 0.319. The molecule has 0 bridgehead atoms. The molecule has 1 aliphatic carbocycles. The molecule has 1 aliphatic rings. The highest BCUT2D eigenvalue weighted by molar-refractivity contribution is 6.10. The molecule has 0 saturated carbocycles. The van der Waals surface area contributed by atoms with Crippen LogP contribution in [0.15, 0.2) is 106 Å². The molecule has 5 aromatic rings. The Morgan fingerprint density at radius 1 is 0.829 bits per heavy atom. The Hall–Kier alpha value is -4.17. The summed E-state index contributed by atoms with van der Waals surface area (Å²) in [5.74, 6) is 1.18. The summed E-state index contributed by atoms with van der Waals surface area (Å²) in [5, 5.41) is 6.33. The van der Waals surface area contributed by atoms with Crippen molar-refractivity contribution in [3.05, 3.63) is 125 Å². The predicted octanol–water partition coefficient (Wildman–Crippen LogP) is 8.73. The molecule has 1 atom stereocenters. The van der Waals surface area contributed by atoms with Crippen LogP contribution in [0.2, 0.25) is 0 Å². The summed E-state index contributed by atoms with van der Waals surface area (Å²) < 4.78 is 6.13. The molecule has 0 amide bonds. The van der Waals surface area contributed by atoms with E-state index >= 15 is 0 Å². The first kappa shape index (κ1) is 21.4. The Bertz CT molecular complexity index is 1690. The third kappa shape index (κ3) is 4.02. The fourth-order valence-corrected chi connectivity index (χ4v) is 5.27. The highest BCUT2D eigenvalue weighted by atomic mass is 16.3. The molecular weight excluding hydrogens is 426 g/mol. The van der Waals surface area contributed by atoms with E-state index in [1.165, 1.54) is 38.2 Å². The van der Waals surface area contributed by atoms with Gasteiger partial charge in [0.2, 0.25) is 0 Å². The second kappa shape index (κ2) is 8.88. The Balaban J connectivity index is 1.44. The van der Waals surface area contributed by atoms with Gasteiger partial charge in [-0.25, -0.2) is 0 Å². The van der Waals surface area contributed by atoms with E-state index in [9.17, 15) is 0 Å². The van der Waals surface area contributed by atoms with Gasteiger partial charge in [-0.2, -0.15) is 0 Å². The number of fused-ring (bicyclic) bond motifs is 6. The number of nitrogens with zero attached hydrogens (tertiary/aromatic N) is 1. The van der Waals surface area contributed by atoms with Crippen LogP contribution in [0, 0.1) is 6.92 Å². The van der Waals surface area contributed by atoms with Gasteiger partial charge < -0.3 is 4.42 Å². The third-order valence-electron chi connectivity index (χ3n) is 7.00. The number of aryl methyl sites for hydroxylation is 1. The average Bonchev–Trinajstić information content (AvgIpc) is 2.96. The lowest BCUT2D eigenvalue weighted by atomic mass is 9.82. The summed E-state index contributed by atoms with van der Waals surface area (Å²) >= 11 is 0. The van der Waals surface area contributed by atoms with Crippen LogP contribution >= 0.6 is 0 Å². The van der Waals surface area contributed by atoms with Gasteiger partial charge in [0.05, 0.1) is 6.54 Å². The standard InChI is InChI=1S/C33H27NO/c1-22-6-5-7-23(21-34-2)18-28-20-26(13-17-33(28)35-22)25-11-14-30-27(19-25)12-16-31-29-9-4-3-8-24(29)10-15-32(30)31/h3-18,20,25H,2,19,21H2,1H3. The maximum absolute atomic E-state index is 6.13. The van der Waals surface area contributed by atoms with Gasteiger partial charge in [0.25, 0.3) is 0 Å². The third-order valence-corrected chi connectivity index (χ3v) is 7.00. The summed E-state index contributed by atoms with van der Waals surface area (Å²) in [5.41, 5.74) is 6.01. The fourth-order valence-electron chi connectivity index (χ4n) is 5.27. The monoisotopic (exact) mass is 453 g/mol. The van der Waals surface area contributed by atoms with E-state index in [1.54, 1.807) is 0 Å². The lowest BCUT2D eigenvalue weighted by molar-refractivity contribution is 0.569. The molecule has 1 aromatic heterocycles. The average molecular weight is 454 g/mol. The molecule has 2 heteroatoms. The zero-order chi connectivity index (χ0) is 23.8. The zero-order valence-corrected chi connectivity index (χ0v) is 19.9. The van der Waals surface area contributed by atoms with Gasteiger partial charge in [0.1, 0.15) is 11.3 Å². The smallest absolute Gasteiger partial charge is 0.134 e. The number of aliphatic imine (C=N–C) groups is 1. The van der Waals surface area contributed by atoms with Crippen molar-refractivity contribution in [3.63, 3.8) is 0 Å². The Morgan fingerprint density at radius 3 is 2.63 bits per heavy atom. The molecule has 0 radical (unpaired) electrons. The van der Waals surface area contributed by atoms with Crippen molar-refractivity contribution < 1.29 is 4.42 Å². The molecule has 0 saturated heterocycles. The van der Waals surface area contributed by atoms with E-state index in [0.717, 1.165) is 28.7 Å². The number of hydrogen-bond donors (Lipinski definition) is 0. The van der Waals surface area contributed by atoms with Crippen molar-refractivity contribution in [2.45, 2.75) is 25.8 Å². The van der Waals surface area contributed by atoms with Crippen molar-refractivity contribution in [2.24, 2.45) is 4.99 Å². The molecule has 0 aliphatic heterocycles. The van der Waals surface area contributed by atoms with Crippen LogP contribution in [-0.4, -0.2) is 6.72 Å². The summed E-state index contributed by atoms with van der Waals surface area (Å²) in [7, 11) is 0. The molecule has 1 unspecified atom stereocenters. The molecule has 0 fully saturated rings. The van der Waals surface area contributed by atoms with Crippen LogP contribution in [0.4, 0.5) is 0 Å². The predicted molar refractivity (Wildman–Crippen MR) is 149 cm³/mol. The minimum Gasteiger partial charge on any atom is -0.461 e. The van der Waals surface area contributed by atoms with Crippen molar-refractivity contribution >= 4 is 45.3 Å². The summed E-state index contributed by atoms with van der Waals surface area (Å²) in [4.78, 5) is 4.09. The number of benzene rings is 4. The molecule has 0 spiro atoms. The topological polar surface area (TPSA) is 25.5 Å². The Labute approximate surface area is 205 Å². The minimum absolute atomic E-state index is 0.319. The van der Waals surface area contributed by atoms with Crippen LogP contribution in [0.25, 0.3) is 38.6 Å². The SMILES string of the molecule is C=NCc1cccc(C)oc2ccc(C3C=Cc4c(ccc5c4ccc4ccccc45)C3)cc2c1. The fraction of sp³-hybridized carbons (Fsp3) is 0.121. The lowest BCUT2D eigenvalue weighted by Crippen LogP contribution is -2.06. The van der Waals surface area contributed by atoms with Crippen molar-refractivity contribution in [1.82, 2.24) is 0 Å². The van der Waals surface area contributed by atoms with E-state index in [1.807, 2.05) is 19.1 Å². The first-order valence-electron chi connectivity index (χ1n) is 12.1. The molecule has 170 valence electrons. The quantitative estimate of drug-likeness (QED) is 0.198. The van der Waals surface area contributed by atoms with Gasteiger partial charge in [0, 0.05) is 11.3 Å². The van der Waals surface area contributed by atoms with E-state index in [4.69, 9.17) is 4.42 Å². The van der Waals surface area contributed by atoms with Gasteiger partial charge in [-0.1, -0.05) is 78.9 Å². The molecular formula is C33H27NO. The van der Waals surface area contributed by atoms with Crippen LogP contribution in [0.3, 0.4) is 0 Å². The van der Waals surface area contributed by atoms with Gasteiger partial charge in [-0.3, -0.25) is 4.99 Å². The van der Waals surface area contributed by atoms with Gasteiger partial charge in [-0.05, 0) is 88.1 Å². The Kier molecular flexibility index (Phi) is 5.42. The van der Waals surface area contributed by atoms with Crippen LogP contribution < -0.4 is 0 Å². The molecule has 4 aromatic carbocycles. The lowest BCUT2D eigenvalue weighted by Gasteiger charge is -2.22. The van der Waals surface area contributed by atoms with Gasteiger partial charge >= 0.3 is 0 Å². The first-order valence-corrected chi connectivity index (χ1v) is 12.1. The van der Waals surface area contributed by atoms with E-state index < -0.39 is 0 Å². The summed E-state index contributed by atoms with van der Waals surface area (Å²) in [6.45, 7) is 6.23. The van der Waals surface area contributed by atoms with Crippen molar-refractivity contribution in [3.8, 4) is 0 Å². The normalized spacial score (nSPS) is 14.7. The number of allylic oxidation sites excluding steroid dienone is 1. The van der Waals surface area contributed by atoms with E-state index in [2.05, 4.69) is 103 Å². The number of hydrogen-bond acceptors (Lipinski definition) is 2. The maximum Gasteiger partial charge on any atom is 0.134 e. The maximum atomic E-state index is 6.13. The second-order valence-corrected chi connectivity index (χ2v) is 9.33. The molecule has 6 rings (SSSR count). The highest BCUT2D eigenvalue weighted by Crippen LogP contribution is 2.37. The first-order chi connectivity index (χ1) is 17.2. The van der Waals surface area contributed by atoms with Crippen molar-refractivity contribution in [1.29, 1.82) is 0 Å². The second-order valence-electron chi connectivity index (χ2n) is 9.33. The van der Waals surface area contributed by atoms with Crippen LogP contribution in [0.5, 0.6) is 0 Å². The van der Waals surface area contributed by atoms with Crippen LogP contribution in [0.1, 0.15) is 33.9 Å². The molecule has 0 N–H and O–H groups in total. The molecule has 1 heterocycles. The van der Waals surface area contributed by atoms with E-state index in [0.29, 0.717) is 12.5 Å².